The zero-order valence-electron chi connectivity index (χ0n) is 34.3. The predicted octanol–water partition coefficient (Wildman–Crippen LogP) is 2.04. The standard InChI is InChI=1S/C42H64O16/c1-37(2)21-9-11-41(6)22(8-7-19-20-17-39(4,36(53)54)14-13-38(20,3)15-16-40(19,41)5)42(21,18-43)12-10-23(37)55-35-31(27(47)26(46)30(57-35)33(51)52)58-34-28(48)24(44)25(45)29(56-34)32(49)50/h7,20-31,34-35,43-48H,8-18H2,1-6H3,(H,49,50)(H,51,52)(H,53,54)/t20-,21-,22+,23-,24+,25+,26-,27-,28+,29+,30+,31-,34-,35+,38+,39+,40+,41+,42+/m1/s1. The van der Waals surface area contributed by atoms with Crippen molar-refractivity contribution in [3.05, 3.63) is 11.6 Å². The number of carboxylic acids is 3. The summed E-state index contributed by atoms with van der Waals surface area (Å²) in [5.74, 6) is -3.85. The van der Waals surface area contributed by atoms with E-state index >= 15 is 0 Å². The van der Waals surface area contributed by atoms with Gasteiger partial charge in [-0.15, -0.1) is 0 Å². The van der Waals surface area contributed by atoms with E-state index in [1.54, 1.807) is 0 Å². The Morgan fingerprint density at radius 1 is 0.707 bits per heavy atom. The van der Waals surface area contributed by atoms with Crippen molar-refractivity contribution in [2.75, 3.05) is 6.61 Å². The quantitative estimate of drug-likeness (QED) is 0.125. The Bertz CT molecular complexity index is 1670. The number of rotatable bonds is 8. The van der Waals surface area contributed by atoms with Gasteiger partial charge in [0.15, 0.2) is 24.8 Å². The molecule has 0 radical (unpaired) electrons. The van der Waals surface area contributed by atoms with Gasteiger partial charge in [0.1, 0.15) is 36.6 Å². The largest absolute Gasteiger partial charge is 0.481 e. The summed E-state index contributed by atoms with van der Waals surface area (Å²) in [5, 5.41) is 94.7. The first kappa shape index (κ1) is 43.8. The number of hydrogen-bond acceptors (Lipinski definition) is 13. The number of carboxylic acid groups (broad SMARTS) is 3. The van der Waals surface area contributed by atoms with Crippen LogP contribution in [0.1, 0.15) is 106 Å². The fourth-order valence-electron chi connectivity index (χ4n) is 13.5. The Balaban J connectivity index is 1.17. The number of ether oxygens (including phenoxy) is 4. The lowest BCUT2D eigenvalue weighted by Gasteiger charge is -2.71. The molecule has 7 rings (SSSR count). The number of carbonyl (C=O) groups is 3. The summed E-state index contributed by atoms with van der Waals surface area (Å²) in [6, 6.07) is 0. The molecule has 0 amide bonds. The molecule has 16 heteroatoms. The van der Waals surface area contributed by atoms with Crippen LogP contribution in [-0.4, -0.2) is 138 Å². The van der Waals surface area contributed by atoms with Gasteiger partial charge in [0.05, 0.1) is 11.5 Å². The van der Waals surface area contributed by atoms with Crippen LogP contribution in [0, 0.1) is 50.2 Å². The molecule has 0 bridgehead atoms. The normalized spacial score (nSPS) is 52.5. The van der Waals surface area contributed by atoms with E-state index in [9.17, 15) is 60.3 Å². The monoisotopic (exact) mass is 824 g/mol. The summed E-state index contributed by atoms with van der Waals surface area (Å²) >= 11 is 0. The smallest absolute Gasteiger partial charge is 0.335 e. The van der Waals surface area contributed by atoms with Crippen LogP contribution >= 0.6 is 0 Å². The minimum atomic E-state index is -2.04. The molecule has 0 aromatic heterocycles. The van der Waals surface area contributed by atoms with Gasteiger partial charge in [0, 0.05) is 12.0 Å². The van der Waals surface area contributed by atoms with Gasteiger partial charge in [0.2, 0.25) is 0 Å². The van der Waals surface area contributed by atoms with Crippen molar-refractivity contribution in [2.45, 2.75) is 173 Å². The summed E-state index contributed by atoms with van der Waals surface area (Å²) in [4.78, 5) is 36.5. The van der Waals surface area contributed by atoms with Crippen molar-refractivity contribution in [3.63, 3.8) is 0 Å². The highest BCUT2D eigenvalue weighted by atomic mass is 16.8. The molecule has 9 N–H and O–H groups in total. The lowest BCUT2D eigenvalue weighted by Crippen LogP contribution is -2.68. The second-order valence-corrected chi connectivity index (χ2v) is 20.5. The molecular weight excluding hydrogens is 760 g/mol. The number of fused-ring (bicyclic) bond motifs is 7. The van der Waals surface area contributed by atoms with Gasteiger partial charge in [-0.25, -0.2) is 9.59 Å². The van der Waals surface area contributed by atoms with Crippen LogP contribution in [0.3, 0.4) is 0 Å². The van der Waals surface area contributed by atoms with Crippen molar-refractivity contribution >= 4 is 17.9 Å². The zero-order valence-corrected chi connectivity index (χ0v) is 34.3. The van der Waals surface area contributed by atoms with Gasteiger partial charge in [-0.1, -0.05) is 46.3 Å². The maximum absolute atomic E-state index is 12.5. The van der Waals surface area contributed by atoms with E-state index in [4.69, 9.17) is 18.9 Å². The van der Waals surface area contributed by atoms with E-state index in [2.05, 4.69) is 26.8 Å². The third-order valence-electron chi connectivity index (χ3n) is 17.5. The predicted molar refractivity (Wildman–Crippen MR) is 200 cm³/mol. The first-order valence-corrected chi connectivity index (χ1v) is 20.9. The highest BCUT2D eigenvalue weighted by molar-refractivity contribution is 5.75. The second kappa shape index (κ2) is 14.7. The van der Waals surface area contributed by atoms with Gasteiger partial charge in [0.25, 0.3) is 0 Å². The molecule has 16 nitrogen and oxygen atoms in total. The highest BCUT2D eigenvalue weighted by Crippen LogP contribution is 2.76. The van der Waals surface area contributed by atoms with Gasteiger partial charge < -0.3 is 64.9 Å². The molecule has 2 saturated heterocycles. The molecule has 7 aliphatic rings. The maximum atomic E-state index is 12.5. The molecule has 0 aromatic carbocycles. The summed E-state index contributed by atoms with van der Waals surface area (Å²) in [6.45, 7) is 13.0. The summed E-state index contributed by atoms with van der Waals surface area (Å²) in [5.41, 5.74) is -1.01. The minimum Gasteiger partial charge on any atom is -0.481 e. The van der Waals surface area contributed by atoms with Crippen LogP contribution in [0.2, 0.25) is 0 Å². The molecule has 0 aromatic rings. The lowest BCUT2D eigenvalue weighted by atomic mass is 9.33. The van der Waals surface area contributed by atoms with Crippen LogP contribution < -0.4 is 0 Å². The summed E-state index contributed by atoms with van der Waals surface area (Å²) in [7, 11) is 0. The van der Waals surface area contributed by atoms with E-state index in [0.717, 1.165) is 38.5 Å². The molecule has 19 atom stereocenters. The van der Waals surface area contributed by atoms with Crippen molar-refractivity contribution < 1.29 is 79.3 Å². The van der Waals surface area contributed by atoms with Crippen molar-refractivity contribution in [3.8, 4) is 0 Å². The number of allylic oxidation sites excluding steroid dienone is 2. The third kappa shape index (κ3) is 6.33. The van der Waals surface area contributed by atoms with Crippen LogP contribution in [0.25, 0.3) is 0 Å². The van der Waals surface area contributed by atoms with Gasteiger partial charge in [-0.3, -0.25) is 4.79 Å². The molecule has 0 unspecified atom stereocenters. The van der Waals surface area contributed by atoms with E-state index in [1.165, 1.54) is 5.57 Å². The fourth-order valence-corrected chi connectivity index (χ4v) is 13.5. The number of aliphatic carboxylic acids is 3. The average Bonchev–Trinajstić information content (AvgIpc) is 3.15. The van der Waals surface area contributed by atoms with Crippen molar-refractivity contribution in [2.24, 2.45) is 50.2 Å². The topological polar surface area (TPSA) is 270 Å². The van der Waals surface area contributed by atoms with E-state index in [-0.39, 0.29) is 40.6 Å². The fraction of sp³-hybridized carbons (Fsp3) is 0.881. The summed E-state index contributed by atoms with van der Waals surface area (Å²) < 4.78 is 23.4. The Morgan fingerprint density at radius 3 is 1.91 bits per heavy atom. The molecule has 5 aliphatic carbocycles. The SMILES string of the molecule is CC1(C)[C@H]2CC[C@@]3(C)[C@H](CC=C4[C@H]5C[C@@](C)(C(=O)O)CC[C@@]5(C)CC[C@@]43C)[C@]2(CO)CC[C@H]1O[C@H]1O[C@H](C(=O)O)[C@H](O)[C@@H](O)[C@H]1O[C@H]1O[C@H](C(=O)O)[C@@H](O)[C@H](O)[C@@H]1O. The van der Waals surface area contributed by atoms with Gasteiger partial charge in [-0.05, 0) is 111 Å². The van der Waals surface area contributed by atoms with Gasteiger partial charge >= 0.3 is 17.9 Å². The Morgan fingerprint density at radius 2 is 1.31 bits per heavy atom. The van der Waals surface area contributed by atoms with Crippen LogP contribution in [0.15, 0.2) is 11.6 Å². The molecule has 2 aliphatic heterocycles. The summed E-state index contributed by atoms with van der Waals surface area (Å²) in [6.07, 6.45) is -10.4. The molecular formula is C42H64O16. The number of hydrogen-bond donors (Lipinski definition) is 9. The van der Waals surface area contributed by atoms with E-state index in [0.29, 0.717) is 25.7 Å². The Hall–Kier alpha value is -2.25. The molecule has 328 valence electrons. The lowest BCUT2D eigenvalue weighted by molar-refractivity contribution is -0.372. The van der Waals surface area contributed by atoms with Crippen molar-refractivity contribution in [1.29, 1.82) is 0 Å². The van der Waals surface area contributed by atoms with Crippen LogP contribution in [0.4, 0.5) is 0 Å². The average molecular weight is 825 g/mol. The third-order valence-corrected chi connectivity index (χ3v) is 17.5. The minimum absolute atomic E-state index is 0.0268. The Kier molecular flexibility index (Phi) is 11.1. The van der Waals surface area contributed by atoms with Crippen LogP contribution in [0.5, 0.6) is 0 Å². The Labute approximate surface area is 338 Å². The van der Waals surface area contributed by atoms with Crippen LogP contribution in [-0.2, 0) is 33.3 Å². The first-order valence-electron chi connectivity index (χ1n) is 20.9. The highest BCUT2D eigenvalue weighted by Gasteiger charge is 2.70. The number of aliphatic hydroxyl groups is 6. The number of aliphatic hydroxyl groups excluding tert-OH is 6. The van der Waals surface area contributed by atoms with E-state index in [1.807, 2.05) is 20.8 Å². The first-order chi connectivity index (χ1) is 26.9. The molecule has 4 saturated carbocycles. The molecule has 0 spiro atoms. The molecule has 6 fully saturated rings. The van der Waals surface area contributed by atoms with Gasteiger partial charge in [-0.2, -0.15) is 0 Å². The zero-order chi connectivity index (χ0) is 42.7. The van der Waals surface area contributed by atoms with E-state index < -0.39 is 102 Å². The van der Waals surface area contributed by atoms with Crippen molar-refractivity contribution in [1.82, 2.24) is 0 Å². The molecule has 2 heterocycles. The maximum Gasteiger partial charge on any atom is 0.335 e. The second-order valence-electron chi connectivity index (χ2n) is 20.5. The molecule has 58 heavy (non-hydrogen) atoms.